The molecular formula is C17H23ClN4O3S2. The van der Waals surface area contributed by atoms with E-state index in [2.05, 4.69) is 15.2 Å². The minimum atomic E-state index is -0.272. The number of hydrogen-bond acceptors (Lipinski definition) is 8. The first-order valence-electron chi connectivity index (χ1n) is 8.19. The lowest BCUT2D eigenvalue weighted by Gasteiger charge is -2.16. The number of thiazole rings is 1. The van der Waals surface area contributed by atoms with Crippen molar-refractivity contribution < 1.29 is 13.7 Å². The summed E-state index contributed by atoms with van der Waals surface area (Å²) in [6.45, 7) is 3.49. The summed E-state index contributed by atoms with van der Waals surface area (Å²) in [5, 5.41) is 4.38. The molecule has 148 valence electrons. The van der Waals surface area contributed by atoms with Crippen molar-refractivity contribution in [3.05, 3.63) is 35.0 Å². The minimum absolute atomic E-state index is 0.0694. The van der Waals surface area contributed by atoms with Crippen LogP contribution in [0.1, 0.15) is 5.69 Å². The molecule has 1 heterocycles. The second kappa shape index (κ2) is 10.8. The van der Waals surface area contributed by atoms with Crippen molar-refractivity contribution in [1.29, 1.82) is 0 Å². The zero-order chi connectivity index (χ0) is 19.8. The van der Waals surface area contributed by atoms with Gasteiger partial charge in [0.25, 0.3) is 5.91 Å². The van der Waals surface area contributed by atoms with Crippen LogP contribution in [0.15, 0.2) is 24.3 Å². The van der Waals surface area contributed by atoms with Crippen molar-refractivity contribution in [3.8, 4) is 10.8 Å². The average molecular weight is 431 g/mol. The number of carbonyl (C=O) groups excluding carboxylic acids is 1. The maximum absolute atomic E-state index is 12.0. The van der Waals surface area contributed by atoms with Gasteiger partial charge in [-0.15, -0.1) is 0 Å². The van der Waals surface area contributed by atoms with Gasteiger partial charge in [0.1, 0.15) is 12.4 Å². The fraction of sp³-hybridized carbons (Fsp3) is 0.412. The Morgan fingerprint density at radius 2 is 2.11 bits per heavy atom. The van der Waals surface area contributed by atoms with Gasteiger partial charge in [-0.05, 0) is 46.3 Å². The number of ether oxygens (including phenoxy) is 1. The lowest BCUT2D eigenvalue weighted by Crippen LogP contribution is -2.25. The molecule has 0 bridgehead atoms. The van der Waals surface area contributed by atoms with Crippen LogP contribution < -0.4 is 10.1 Å². The molecule has 1 aromatic heterocycles. The highest BCUT2D eigenvalue weighted by Gasteiger charge is 2.13. The first-order valence-corrected chi connectivity index (χ1v) is 10.1. The van der Waals surface area contributed by atoms with Crippen LogP contribution in [0.25, 0.3) is 0 Å². The second-order valence-corrected chi connectivity index (χ2v) is 8.40. The lowest BCUT2D eigenvalue weighted by molar-refractivity contribution is -0.117. The third kappa shape index (κ3) is 8.04. The van der Waals surface area contributed by atoms with Gasteiger partial charge in [0, 0.05) is 18.1 Å². The normalized spacial score (nSPS) is 11.2. The molecule has 0 saturated carbocycles. The first kappa shape index (κ1) is 21.9. The Kier molecular flexibility index (Phi) is 8.81. The van der Waals surface area contributed by atoms with Crippen molar-refractivity contribution in [2.75, 3.05) is 46.2 Å². The fourth-order valence-corrected chi connectivity index (χ4v) is 3.40. The molecule has 0 saturated heterocycles. The molecule has 0 aliphatic rings. The van der Waals surface area contributed by atoms with Gasteiger partial charge in [0.05, 0.1) is 17.9 Å². The van der Waals surface area contributed by atoms with E-state index in [1.165, 1.54) is 11.3 Å². The zero-order valence-corrected chi connectivity index (χ0v) is 18.1. The summed E-state index contributed by atoms with van der Waals surface area (Å²) in [6, 6.07) is 7.11. The Morgan fingerprint density at radius 1 is 1.33 bits per heavy atom. The van der Waals surface area contributed by atoms with E-state index in [1.807, 2.05) is 32.4 Å². The molecular weight excluding hydrogens is 408 g/mol. The van der Waals surface area contributed by atoms with Crippen molar-refractivity contribution in [3.63, 3.8) is 0 Å². The summed E-state index contributed by atoms with van der Waals surface area (Å²) in [7, 11) is 5.93. The number of aryl methyl sites for hydroxylation is 1. The number of nitrogens with one attached hydrogen (secondary N) is 1. The zero-order valence-electron chi connectivity index (χ0n) is 15.7. The predicted molar refractivity (Wildman–Crippen MR) is 112 cm³/mol. The molecule has 1 aromatic carbocycles. The highest BCUT2D eigenvalue weighted by molar-refractivity contribution is 7.92. The lowest BCUT2D eigenvalue weighted by atomic mass is 10.3. The molecule has 2 aromatic rings. The number of halogens is 1. The maximum Gasteiger partial charge on any atom is 0.253 e. The smallest absolute Gasteiger partial charge is 0.253 e. The number of amides is 1. The Labute approximate surface area is 172 Å². The quantitative estimate of drug-likeness (QED) is 0.452. The molecule has 0 spiro atoms. The van der Waals surface area contributed by atoms with Gasteiger partial charge in [-0.1, -0.05) is 29.0 Å². The molecule has 1 amide bonds. The number of aromatic nitrogens is 1. The van der Waals surface area contributed by atoms with Crippen molar-refractivity contribution in [1.82, 2.24) is 14.2 Å². The predicted octanol–water partition coefficient (Wildman–Crippen LogP) is 3.91. The molecule has 0 aliphatic heterocycles. The molecule has 0 atom stereocenters. The molecule has 0 fully saturated rings. The summed E-state index contributed by atoms with van der Waals surface area (Å²) in [4.78, 5) is 18.4. The Morgan fingerprint density at radius 3 is 2.81 bits per heavy atom. The van der Waals surface area contributed by atoms with Crippen LogP contribution in [0.5, 0.6) is 10.8 Å². The van der Waals surface area contributed by atoms with Crippen LogP contribution in [0.3, 0.4) is 0 Å². The monoisotopic (exact) mass is 430 g/mol. The third-order valence-corrected chi connectivity index (χ3v) is 5.09. The standard InChI is InChI=1S/C17H23ClN4O3S2/c1-12-16(25-14-7-5-6-13(18)10-14)26-17(19-12)20-15(23)11-24-27-22(4)9-8-21(2)3/h5-7,10H,8-9,11H2,1-4H3,(H,19,20,23). The van der Waals surface area contributed by atoms with Crippen molar-refractivity contribution in [2.24, 2.45) is 0 Å². The van der Waals surface area contributed by atoms with Crippen LogP contribution in [0.2, 0.25) is 5.02 Å². The van der Waals surface area contributed by atoms with Gasteiger partial charge in [0.2, 0.25) is 5.06 Å². The Bertz CT molecular complexity index is 758. The van der Waals surface area contributed by atoms with Gasteiger partial charge in [0.15, 0.2) is 5.13 Å². The average Bonchev–Trinajstić information content (AvgIpc) is 2.92. The van der Waals surface area contributed by atoms with Crippen LogP contribution in [-0.2, 0) is 8.98 Å². The molecule has 7 nitrogen and oxygen atoms in total. The number of anilines is 1. The molecule has 1 N–H and O–H groups in total. The number of benzene rings is 1. The largest absolute Gasteiger partial charge is 0.445 e. The third-order valence-electron chi connectivity index (χ3n) is 3.24. The van der Waals surface area contributed by atoms with E-state index in [4.69, 9.17) is 20.5 Å². The van der Waals surface area contributed by atoms with Crippen LogP contribution in [-0.4, -0.2) is 60.9 Å². The van der Waals surface area contributed by atoms with Crippen molar-refractivity contribution >= 4 is 46.2 Å². The summed E-state index contributed by atoms with van der Waals surface area (Å²) in [5.41, 5.74) is 0.689. The maximum atomic E-state index is 12.0. The van der Waals surface area contributed by atoms with E-state index in [-0.39, 0.29) is 12.5 Å². The summed E-state index contributed by atoms with van der Waals surface area (Å²) >= 11 is 8.37. The molecule has 0 radical (unpaired) electrons. The summed E-state index contributed by atoms with van der Waals surface area (Å²) in [6.07, 6.45) is 0. The molecule has 0 unspecified atom stereocenters. The number of likely N-dealkylation sites (N-methyl/N-ethyl adjacent to an activating group) is 2. The topological polar surface area (TPSA) is 66.9 Å². The van der Waals surface area contributed by atoms with Gasteiger partial charge < -0.3 is 9.64 Å². The van der Waals surface area contributed by atoms with E-state index in [0.717, 1.165) is 25.3 Å². The Balaban J connectivity index is 1.79. The molecule has 0 aliphatic carbocycles. The molecule has 27 heavy (non-hydrogen) atoms. The van der Waals surface area contributed by atoms with E-state index in [9.17, 15) is 4.79 Å². The number of hydrogen-bond donors (Lipinski definition) is 1. The van der Waals surface area contributed by atoms with Crippen LogP contribution >= 0.6 is 35.2 Å². The Hall–Kier alpha value is -1.36. The van der Waals surface area contributed by atoms with Crippen LogP contribution in [0.4, 0.5) is 5.13 Å². The number of rotatable bonds is 10. The van der Waals surface area contributed by atoms with Gasteiger partial charge >= 0.3 is 0 Å². The minimum Gasteiger partial charge on any atom is -0.445 e. The number of nitrogens with zero attached hydrogens (tertiary/aromatic N) is 3. The highest BCUT2D eigenvalue weighted by Crippen LogP contribution is 2.34. The molecule has 2 rings (SSSR count). The van der Waals surface area contributed by atoms with E-state index < -0.39 is 0 Å². The fourth-order valence-electron chi connectivity index (χ4n) is 1.87. The summed E-state index contributed by atoms with van der Waals surface area (Å²) in [5.74, 6) is 0.346. The van der Waals surface area contributed by atoms with Crippen LogP contribution in [0, 0.1) is 6.92 Å². The highest BCUT2D eigenvalue weighted by atomic mass is 35.5. The SMILES string of the molecule is Cc1nc(NC(=O)COSN(C)CCN(C)C)sc1Oc1cccc(Cl)c1. The second-order valence-electron chi connectivity index (χ2n) is 5.99. The number of carbonyl (C=O) groups is 1. The van der Waals surface area contributed by atoms with E-state index in [0.29, 0.717) is 26.7 Å². The summed E-state index contributed by atoms with van der Waals surface area (Å²) < 4.78 is 13.1. The van der Waals surface area contributed by atoms with Crippen molar-refractivity contribution in [2.45, 2.75) is 6.92 Å². The van der Waals surface area contributed by atoms with Gasteiger partial charge in [-0.2, -0.15) is 0 Å². The van der Waals surface area contributed by atoms with Gasteiger partial charge in [-0.25, -0.2) is 9.29 Å². The van der Waals surface area contributed by atoms with Gasteiger partial charge in [-0.3, -0.25) is 14.3 Å². The first-order chi connectivity index (χ1) is 12.8. The van der Waals surface area contributed by atoms with E-state index >= 15 is 0 Å². The van der Waals surface area contributed by atoms with E-state index in [1.54, 1.807) is 24.3 Å². The molecule has 10 heteroatoms.